The molecule has 26 heavy (non-hydrogen) atoms. The van der Waals surface area contributed by atoms with Crippen LogP contribution in [-0.4, -0.2) is 49.9 Å². The van der Waals surface area contributed by atoms with Crippen LogP contribution in [0.5, 0.6) is 0 Å². The van der Waals surface area contributed by atoms with E-state index in [2.05, 4.69) is 39.9 Å². The molecular formula is C20H31N3O2S. The molecule has 1 aromatic rings. The first-order valence-corrected chi connectivity index (χ1v) is 10.8. The Morgan fingerprint density at radius 1 is 1.27 bits per heavy atom. The number of rotatable bonds is 6. The van der Waals surface area contributed by atoms with Crippen molar-refractivity contribution in [2.75, 3.05) is 31.8 Å². The van der Waals surface area contributed by atoms with E-state index in [1.807, 2.05) is 18.8 Å². The highest BCUT2D eigenvalue weighted by Gasteiger charge is 2.15. The summed E-state index contributed by atoms with van der Waals surface area (Å²) >= 11 is 2.02. The van der Waals surface area contributed by atoms with Gasteiger partial charge in [0.15, 0.2) is 5.96 Å². The summed E-state index contributed by atoms with van der Waals surface area (Å²) in [4.78, 5) is 4.37. The molecule has 0 radical (unpaired) electrons. The molecule has 144 valence electrons. The minimum absolute atomic E-state index is 0.335. The van der Waals surface area contributed by atoms with Crippen LogP contribution in [0.4, 0.5) is 0 Å². The smallest absolute Gasteiger partial charge is 0.191 e. The molecule has 5 nitrogen and oxygen atoms in total. The molecule has 2 saturated heterocycles. The molecular weight excluding hydrogens is 346 g/mol. The number of ether oxygens (including phenoxy) is 2. The molecule has 3 rings (SSSR count). The molecule has 6 heteroatoms. The largest absolute Gasteiger partial charge is 0.381 e. The van der Waals surface area contributed by atoms with Crippen LogP contribution in [0.2, 0.25) is 0 Å². The lowest BCUT2D eigenvalue weighted by atomic mass is 10.1. The van der Waals surface area contributed by atoms with E-state index >= 15 is 0 Å². The summed E-state index contributed by atoms with van der Waals surface area (Å²) in [7, 11) is 1.84. The fraction of sp³-hybridized carbons (Fsp3) is 0.650. The van der Waals surface area contributed by atoms with Crippen LogP contribution in [0.1, 0.15) is 36.8 Å². The number of nitrogens with one attached hydrogen (secondary N) is 2. The summed E-state index contributed by atoms with van der Waals surface area (Å²) in [6.07, 6.45) is 4.86. The first-order valence-electron chi connectivity index (χ1n) is 9.65. The van der Waals surface area contributed by atoms with Crippen LogP contribution in [0.25, 0.3) is 0 Å². The fourth-order valence-electron chi connectivity index (χ4n) is 3.31. The van der Waals surface area contributed by atoms with Gasteiger partial charge in [-0.3, -0.25) is 4.99 Å². The van der Waals surface area contributed by atoms with Crippen molar-refractivity contribution in [2.45, 2.75) is 51.0 Å². The molecule has 1 atom stereocenters. The molecule has 0 amide bonds. The van der Waals surface area contributed by atoms with E-state index in [1.54, 1.807) is 0 Å². The lowest BCUT2D eigenvalue weighted by Crippen LogP contribution is -2.45. The highest BCUT2D eigenvalue weighted by atomic mass is 32.2. The second-order valence-electron chi connectivity index (χ2n) is 6.93. The Labute approximate surface area is 161 Å². The van der Waals surface area contributed by atoms with Gasteiger partial charge < -0.3 is 20.1 Å². The Bertz CT molecular complexity index is 570. The van der Waals surface area contributed by atoms with Gasteiger partial charge in [-0.2, -0.15) is 11.8 Å². The maximum absolute atomic E-state index is 6.03. The van der Waals surface area contributed by atoms with E-state index in [4.69, 9.17) is 9.47 Å². The maximum atomic E-state index is 6.03. The number of guanidine groups is 1. The van der Waals surface area contributed by atoms with Crippen LogP contribution in [0.3, 0.4) is 0 Å². The minimum Gasteiger partial charge on any atom is -0.381 e. The van der Waals surface area contributed by atoms with E-state index in [1.165, 1.54) is 35.5 Å². The summed E-state index contributed by atoms with van der Waals surface area (Å²) in [6.45, 7) is 3.08. The van der Waals surface area contributed by atoms with Crippen molar-refractivity contribution >= 4 is 17.7 Å². The first kappa shape index (κ1) is 19.5. The summed E-state index contributed by atoms with van der Waals surface area (Å²) < 4.78 is 11.4. The Morgan fingerprint density at radius 2 is 2.12 bits per heavy atom. The molecule has 2 heterocycles. The van der Waals surface area contributed by atoms with E-state index in [0.717, 1.165) is 38.6 Å². The molecule has 1 unspecified atom stereocenters. The third kappa shape index (κ3) is 6.49. The van der Waals surface area contributed by atoms with Crippen molar-refractivity contribution in [2.24, 2.45) is 4.99 Å². The maximum Gasteiger partial charge on any atom is 0.191 e. The van der Waals surface area contributed by atoms with Gasteiger partial charge in [0.05, 0.1) is 12.7 Å². The van der Waals surface area contributed by atoms with Crippen LogP contribution in [-0.2, 0) is 22.6 Å². The first-order chi connectivity index (χ1) is 12.8. The quantitative estimate of drug-likeness (QED) is 0.590. The Hall–Kier alpha value is -1.24. The van der Waals surface area contributed by atoms with Gasteiger partial charge in [0.1, 0.15) is 0 Å². The standard InChI is InChI=1S/C20H31N3O2S/c1-21-20(23-18-6-3-11-26-15-18)22-13-16-4-2-5-17(12-16)14-25-19-7-9-24-10-8-19/h2,4-5,12,18-19H,3,6-11,13-15H2,1H3,(H2,21,22,23). The predicted molar refractivity (Wildman–Crippen MR) is 109 cm³/mol. The normalized spacial score (nSPS) is 22.2. The van der Waals surface area contributed by atoms with Gasteiger partial charge in [0.25, 0.3) is 0 Å². The molecule has 2 fully saturated rings. The van der Waals surface area contributed by atoms with Crippen molar-refractivity contribution in [3.05, 3.63) is 35.4 Å². The SMILES string of the molecule is CN=C(NCc1cccc(COC2CCOCC2)c1)NC1CCCSC1. The molecule has 0 saturated carbocycles. The van der Waals surface area contributed by atoms with Crippen LogP contribution in [0.15, 0.2) is 29.3 Å². The van der Waals surface area contributed by atoms with Gasteiger partial charge in [-0.05, 0) is 42.6 Å². The van der Waals surface area contributed by atoms with Crippen molar-refractivity contribution in [3.8, 4) is 0 Å². The van der Waals surface area contributed by atoms with Gasteiger partial charge >= 0.3 is 0 Å². The Balaban J connectivity index is 1.44. The van der Waals surface area contributed by atoms with E-state index in [9.17, 15) is 0 Å². The third-order valence-corrected chi connectivity index (χ3v) is 6.05. The van der Waals surface area contributed by atoms with Crippen molar-refractivity contribution in [1.29, 1.82) is 0 Å². The van der Waals surface area contributed by atoms with Gasteiger partial charge in [0, 0.05) is 38.6 Å². The Morgan fingerprint density at radius 3 is 2.88 bits per heavy atom. The average molecular weight is 378 g/mol. The third-order valence-electron chi connectivity index (χ3n) is 4.83. The topological polar surface area (TPSA) is 54.9 Å². The average Bonchev–Trinajstić information content (AvgIpc) is 2.71. The highest BCUT2D eigenvalue weighted by molar-refractivity contribution is 7.99. The van der Waals surface area contributed by atoms with E-state index in [-0.39, 0.29) is 0 Å². The number of hydrogen-bond donors (Lipinski definition) is 2. The van der Waals surface area contributed by atoms with Gasteiger partial charge in [-0.15, -0.1) is 0 Å². The van der Waals surface area contributed by atoms with Gasteiger partial charge in [-0.25, -0.2) is 0 Å². The van der Waals surface area contributed by atoms with Crippen LogP contribution >= 0.6 is 11.8 Å². The molecule has 0 aliphatic carbocycles. The van der Waals surface area contributed by atoms with Crippen molar-refractivity contribution < 1.29 is 9.47 Å². The molecule has 0 spiro atoms. The molecule has 2 aliphatic rings. The lowest BCUT2D eigenvalue weighted by Gasteiger charge is -2.24. The zero-order chi connectivity index (χ0) is 18.0. The fourth-order valence-corrected chi connectivity index (χ4v) is 4.39. The number of benzene rings is 1. The molecule has 2 aliphatic heterocycles. The van der Waals surface area contributed by atoms with Gasteiger partial charge in [0.2, 0.25) is 0 Å². The summed E-state index contributed by atoms with van der Waals surface area (Å²) in [6, 6.07) is 9.13. The van der Waals surface area contributed by atoms with Crippen LogP contribution < -0.4 is 10.6 Å². The number of aliphatic imine (C=N–C) groups is 1. The molecule has 2 N–H and O–H groups in total. The van der Waals surface area contributed by atoms with Crippen LogP contribution in [0, 0.1) is 0 Å². The molecule has 1 aromatic carbocycles. The second-order valence-corrected chi connectivity index (χ2v) is 8.08. The zero-order valence-corrected chi connectivity index (χ0v) is 16.5. The monoisotopic (exact) mass is 377 g/mol. The second kappa shape index (κ2) is 10.8. The minimum atomic E-state index is 0.335. The van der Waals surface area contributed by atoms with Gasteiger partial charge in [-0.1, -0.05) is 24.3 Å². The van der Waals surface area contributed by atoms with E-state index in [0.29, 0.717) is 18.8 Å². The summed E-state index contributed by atoms with van der Waals surface area (Å²) in [5, 5.41) is 6.98. The van der Waals surface area contributed by atoms with E-state index < -0.39 is 0 Å². The summed E-state index contributed by atoms with van der Waals surface area (Å²) in [5.41, 5.74) is 2.47. The van der Waals surface area contributed by atoms with Crippen molar-refractivity contribution in [3.63, 3.8) is 0 Å². The number of nitrogens with zero attached hydrogens (tertiary/aromatic N) is 1. The summed E-state index contributed by atoms with van der Waals surface area (Å²) in [5.74, 6) is 3.34. The molecule has 0 aromatic heterocycles. The number of hydrogen-bond acceptors (Lipinski definition) is 4. The predicted octanol–water partition coefficient (Wildman–Crippen LogP) is 2.94. The van der Waals surface area contributed by atoms with Crippen molar-refractivity contribution in [1.82, 2.24) is 10.6 Å². The zero-order valence-electron chi connectivity index (χ0n) is 15.7. The Kier molecular flexibility index (Phi) is 8.11. The molecule has 0 bridgehead atoms. The lowest BCUT2D eigenvalue weighted by molar-refractivity contribution is -0.0390. The number of thioether (sulfide) groups is 1. The highest BCUT2D eigenvalue weighted by Crippen LogP contribution is 2.17.